The van der Waals surface area contributed by atoms with Crippen molar-refractivity contribution < 1.29 is 33.8 Å². The van der Waals surface area contributed by atoms with E-state index in [4.69, 9.17) is 9.47 Å². The van der Waals surface area contributed by atoms with Crippen molar-refractivity contribution >= 4 is 41.3 Å². The number of alkyl carbamates (subject to hydrolysis) is 1. The summed E-state index contributed by atoms with van der Waals surface area (Å²) in [4.78, 5) is 56.8. The molecule has 186 valence electrons. The van der Waals surface area contributed by atoms with Crippen molar-refractivity contribution in [3.05, 3.63) is 41.2 Å². The Kier molecular flexibility index (Phi) is 6.50. The number of carbonyl (C=O) groups excluding carboxylic acids is 3. The van der Waals surface area contributed by atoms with Gasteiger partial charge in [-0.25, -0.2) is 14.6 Å². The number of fused-ring (bicyclic) bond motifs is 1. The molecule has 12 heteroatoms. The van der Waals surface area contributed by atoms with Gasteiger partial charge < -0.3 is 24.8 Å². The molecule has 1 aromatic heterocycles. The topological polar surface area (TPSA) is 138 Å². The zero-order valence-electron chi connectivity index (χ0n) is 19.7. The number of hydrogen-bond acceptors (Lipinski definition) is 8. The molecular weight excluding hydrogens is 476 g/mol. The molecule has 2 saturated heterocycles. The molecule has 11 nitrogen and oxygen atoms in total. The van der Waals surface area contributed by atoms with E-state index in [9.17, 15) is 24.3 Å². The Morgan fingerprint density at radius 1 is 1.29 bits per heavy atom. The van der Waals surface area contributed by atoms with E-state index in [2.05, 4.69) is 10.3 Å². The van der Waals surface area contributed by atoms with Crippen molar-refractivity contribution in [1.82, 2.24) is 15.2 Å². The Balaban J connectivity index is 1.53. The second kappa shape index (κ2) is 9.25. The van der Waals surface area contributed by atoms with Crippen LogP contribution in [0.15, 0.2) is 41.2 Å². The van der Waals surface area contributed by atoms with Gasteiger partial charge in [0, 0.05) is 23.9 Å². The lowest BCUT2D eigenvalue weighted by molar-refractivity contribution is -0.149. The maximum absolute atomic E-state index is 13.0. The zero-order chi connectivity index (χ0) is 25.5. The Labute approximate surface area is 206 Å². The number of aromatic nitrogens is 1. The molecule has 3 aliphatic rings. The van der Waals surface area contributed by atoms with Crippen LogP contribution < -0.4 is 15.0 Å². The molecule has 0 radical (unpaired) electrons. The quantitative estimate of drug-likeness (QED) is 0.457. The number of anilines is 1. The summed E-state index contributed by atoms with van der Waals surface area (Å²) in [5, 5.41) is 11.8. The van der Waals surface area contributed by atoms with Crippen LogP contribution >= 0.6 is 11.8 Å². The van der Waals surface area contributed by atoms with Crippen LogP contribution in [0.5, 0.6) is 5.88 Å². The van der Waals surface area contributed by atoms with Gasteiger partial charge in [0.2, 0.25) is 5.88 Å². The van der Waals surface area contributed by atoms with E-state index in [0.29, 0.717) is 35.7 Å². The Bertz CT molecular complexity index is 1140. The van der Waals surface area contributed by atoms with E-state index in [-0.39, 0.29) is 17.4 Å². The molecule has 4 rings (SSSR count). The molecule has 2 atom stereocenters. The van der Waals surface area contributed by atoms with E-state index >= 15 is 0 Å². The molecule has 4 heterocycles. The lowest BCUT2D eigenvalue weighted by Gasteiger charge is -2.49. The van der Waals surface area contributed by atoms with Gasteiger partial charge in [0.1, 0.15) is 22.7 Å². The number of thioether (sulfide) groups is 1. The van der Waals surface area contributed by atoms with Crippen LogP contribution in [0.4, 0.5) is 10.5 Å². The number of ether oxygens (including phenoxy) is 2. The minimum Gasteiger partial charge on any atom is -0.481 e. The van der Waals surface area contributed by atoms with Gasteiger partial charge in [-0.1, -0.05) is 0 Å². The number of aliphatic carboxylic acids is 1. The number of amides is 3. The van der Waals surface area contributed by atoms with Crippen LogP contribution in [-0.4, -0.2) is 75.3 Å². The number of nitrogens with one attached hydrogen (secondary N) is 1. The number of nitrogens with zero attached hydrogens (tertiary/aromatic N) is 3. The molecule has 1 aromatic rings. The fraction of sp³-hybridized carbons (Fsp3) is 0.435. The van der Waals surface area contributed by atoms with Crippen molar-refractivity contribution in [2.45, 2.75) is 44.2 Å². The second-order valence-corrected chi connectivity index (χ2v) is 10.3. The highest BCUT2D eigenvalue weighted by molar-refractivity contribution is 8.00. The van der Waals surface area contributed by atoms with E-state index in [0.717, 1.165) is 4.90 Å². The molecule has 0 unspecified atom stereocenters. The van der Waals surface area contributed by atoms with Crippen molar-refractivity contribution in [3.8, 4) is 5.88 Å². The highest BCUT2D eigenvalue weighted by Gasteiger charge is 2.54. The SMILES string of the molecule is COc1ccc(N2CCC(=CC3=C(C(=O)O)N4C(=O)[C@@H](NC(=O)OC(C)(C)C)[C@H]4SC3)C2=O)cn1. The second-order valence-electron chi connectivity index (χ2n) is 9.15. The maximum Gasteiger partial charge on any atom is 0.408 e. The summed E-state index contributed by atoms with van der Waals surface area (Å²) < 4.78 is 10.3. The molecule has 0 aliphatic carbocycles. The fourth-order valence-corrected chi connectivity index (χ4v) is 5.35. The van der Waals surface area contributed by atoms with Crippen molar-refractivity contribution in [2.24, 2.45) is 0 Å². The molecule has 0 saturated carbocycles. The maximum atomic E-state index is 13.0. The monoisotopic (exact) mass is 502 g/mol. The van der Waals surface area contributed by atoms with E-state index < -0.39 is 35.0 Å². The number of allylic oxidation sites excluding steroid dienone is 1. The first-order valence-corrected chi connectivity index (χ1v) is 12.0. The molecule has 0 aromatic carbocycles. The van der Waals surface area contributed by atoms with Gasteiger partial charge in [0.05, 0.1) is 19.0 Å². The number of hydrogen-bond donors (Lipinski definition) is 2. The molecular formula is C23H26N4O7S. The number of carbonyl (C=O) groups is 4. The van der Waals surface area contributed by atoms with Crippen LogP contribution in [0.2, 0.25) is 0 Å². The average Bonchev–Trinajstić information content (AvgIpc) is 3.15. The van der Waals surface area contributed by atoms with Gasteiger partial charge >= 0.3 is 12.1 Å². The van der Waals surface area contributed by atoms with Gasteiger partial charge in [0.15, 0.2) is 0 Å². The van der Waals surface area contributed by atoms with Crippen LogP contribution in [-0.2, 0) is 19.1 Å². The Morgan fingerprint density at radius 3 is 2.63 bits per heavy atom. The van der Waals surface area contributed by atoms with Gasteiger partial charge in [0.25, 0.3) is 11.8 Å². The molecule has 3 amide bonds. The highest BCUT2D eigenvalue weighted by Crippen LogP contribution is 2.41. The molecule has 0 bridgehead atoms. The smallest absolute Gasteiger partial charge is 0.408 e. The first-order chi connectivity index (χ1) is 16.5. The van der Waals surface area contributed by atoms with Crippen molar-refractivity contribution in [3.63, 3.8) is 0 Å². The number of β-lactam (4-membered cyclic amide) rings is 1. The molecule has 0 spiro atoms. The van der Waals surface area contributed by atoms with E-state index in [1.54, 1.807) is 50.1 Å². The lowest BCUT2D eigenvalue weighted by atomic mass is 10.0. The number of methoxy groups -OCH3 is 1. The van der Waals surface area contributed by atoms with Crippen LogP contribution in [0.1, 0.15) is 27.2 Å². The minimum atomic E-state index is -1.27. The van der Waals surface area contributed by atoms with Gasteiger partial charge in [-0.15, -0.1) is 11.8 Å². The zero-order valence-corrected chi connectivity index (χ0v) is 20.5. The Morgan fingerprint density at radius 2 is 2.03 bits per heavy atom. The first-order valence-electron chi connectivity index (χ1n) is 10.9. The highest BCUT2D eigenvalue weighted by atomic mass is 32.2. The minimum absolute atomic E-state index is 0.175. The fourth-order valence-electron chi connectivity index (χ4n) is 4.05. The number of carboxylic acids is 1. The van der Waals surface area contributed by atoms with Crippen molar-refractivity contribution in [2.75, 3.05) is 24.3 Å². The Hall–Kier alpha value is -3.54. The molecule has 2 fully saturated rings. The first kappa shape index (κ1) is 24.6. The third-order valence-corrected chi connectivity index (χ3v) is 6.89. The molecule has 2 N–H and O–H groups in total. The third-order valence-electron chi connectivity index (χ3n) is 5.59. The van der Waals surface area contributed by atoms with E-state index in [1.807, 2.05) is 0 Å². The summed E-state index contributed by atoms with van der Waals surface area (Å²) in [5.41, 5.74) is 0.529. The van der Waals surface area contributed by atoms with E-state index in [1.165, 1.54) is 18.9 Å². The summed E-state index contributed by atoms with van der Waals surface area (Å²) in [6, 6.07) is 2.50. The largest absolute Gasteiger partial charge is 0.481 e. The summed E-state index contributed by atoms with van der Waals surface area (Å²) >= 11 is 1.32. The summed E-state index contributed by atoms with van der Waals surface area (Å²) in [5.74, 6) is -1.36. The van der Waals surface area contributed by atoms with Gasteiger partial charge in [-0.2, -0.15) is 0 Å². The number of rotatable bonds is 5. The lowest BCUT2D eigenvalue weighted by Crippen LogP contribution is -2.70. The summed E-state index contributed by atoms with van der Waals surface area (Å²) in [6.07, 6.45) is 2.79. The normalized spacial score (nSPS) is 23.3. The summed E-state index contributed by atoms with van der Waals surface area (Å²) in [6.45, 7) is 5.55. The van der Waals surface area contributed by atoms with Crippen LogP contribution in [0, 0.1) is 0 Å². The average molecular weight is 503 g/mol. The molecule has 35 heavy (non-hydrogen) atoms. The van der Waals surface area contributed by atoms with Gasteiger partial charge in [-0.05, 0) is 44.9 Å². The van der Waals surface area contributed by atoms with Gasteiger partial charge in [-0.3, -0.25) is 14.5 Å². The predicted molar refractivity (Wildman–Crippen MR) is 127 cm³/mol. The standard InChI is InChI=1S/C23H26N4O7S/c1-23(2,3)34-22(32)25-16-19(29)27-17(21(30)31)13(11-35-20(16)27)9-12-7-8-26(18(12)28)14-5-6-15(33-4)24-10-14/h5-6,9-10,16,20H,7-8,11H2,1-4H3,(H,25,32)(H,30,31)/t16-,20-/m1/s1. The van der Waals surface area contributed by atoms with Crippen LogP contribution in [0.3, 0.4) is 0 Å². The molecule has 3 aliphatic heterocycles. The van der Waals surface area contributed by atoms with Crippen molar-refractivity contribution in [1.29, 1.82) is 0 Å². The predicted octanol–water partition coefficient (Wildman–Crippen LogP) is 1.90. The third kappa shape index (κ3) is 4.83. The number of pyridine rings is 1. The van der Waals surface area contributed by atoms with Crippen LogP contribution in [0.25, 0.3) is 0 Å². The number of carboxylic acid groups (broad SMARTS) is 1. The summed E-state index contributed by atoms with van der Waals surface area (Å²) in [7, 11) is 1.50.